The second kappa shape index (κ2) is 10.3. The van der Waals surface area contributed by atoms with E-state index in [-0.39, 0.29) is 42.3 Å². The summed E-state index contributed by atoms with van der Waals surface area (Å²) in [4.78, 5) is 30.8. The fourth-order valence-corrected chi connectivity index (χ4v) is 5.76. The molecule has 0 aliphatic carbocycles. The minimum atomic E-state index is -4.16. The standard InChI is InChI=1S/C27H32N4O6S/c1-18-13-19(22-7-5-6-8-23(22)28-18)15-37-20-9-11-21(12-10-20)38(35,36)30-27(25(33)29-34)16-31(17-27)24(32)14-26(2,3)4/h5-13,30,34H,14-17H2,1-4H3,(H,29,33). The van der Waals surface area contributed by atoms with Gasteiger partial charge in [0.25, 0.3) is 5.91 Å². The van der Waals surface area contributed by atoms with Crippen LogP contribution < -0.4 is 14.9 Å². The van der Waals surface area contributed by atoms with Crippen LogP contribution in [0.3, 0.4) is 0 Å². The number of carbonyl (C=O) groups excluding carboxylic acids is 2. The van der Waals surface area contributed by atoms with Crippen LogP contribution in [-0.2, 0) is 26.2 Å². The minimum Gasteiger partial charge on any atom is -0.489 e. The molecule has 11 heteroatoms. The maximum absolute atomic E-state index is 13.1. The van der Waals surface area contributed by atoms with Crippen molar-refractivity contribution in [2.75, 3.05) is 13.1 Å². The highest BCUT2D eigenvalue weighted by Gasteiger charge is 2.53. The predicted octanol–water partition coefficient (Wildman–Crippen LogP) is 2.92. The highest BCUT2D eigenvalue weighted by atomic mass is 32.2. The van der Waals surface area contributed by atoms with Crippen molar-refractivity contribution >= 4 is 32.7 Å². The molecule has 10 nitrogen and oxygen atoms in total. The maximum Gasteiger partial charge on any atom is 0.268 e. The molecule has 3 aromatic rings. The second-order valence-electron chi connectivity index (χ2n) is 10.8. The van der Waals surface area contributed by atoms with Gasteiger partial charge in [0.2, 0.25) is 15.9 Å². The molecule has 0 atom stereocenters. The van der Waals surface area contributed by atoms with Crippen LogP contribution in [-0.4, -0.2) is 54.0 Å². The number of amides is 2. The number of hydrogen-bond acceptors (Lipinski definition) is 7. The number of para-hydroxylation sites is 1. The number of aryl methyl sites for hydroxylation is 1. The Morgan fingerprint density at radius 2 is 1.76 bits per heavy atom. The van der Waals surface area contributed by atoms with E-state index in [1.807, 2.05) is 58.0 Å². The van der Waals surface area contributed by atoms with E-state index < -0.39 is 21.5 Å². The topological polar surface area (TPSA) is 138 Å². The van der Waals surface area contributed by atoms with Gasteiger partial charge in [-0.2, -0.15) is 4.72 Å². The minimum absolute atomic E-state index is 0.0837. The van der Waals surface area contributed by atoms with E-state index in [0.717, 1.165) is 22.2 Å². The molecule has 0 spiro atoms. The number of benzene rings is 2. The van der Waals surface area contributed by atoms with Gasteiger partial charge in [-0.25, -0.2) is 13.9 Å². The summed E-state index contributed by atoms with van der Waals surface area (Å²) in [6.45, 7) is 7.54. The van der Waals surface area contributed by atoms with Gasteiger partial charge in [0, 0.05) is 23.1 Å². The first-order chi connectivity index (χ1) is 17.8. The number of carbonyl (C=O) groups is 2. The number of rotatable bonds is 8. The number of hydrogen-bond donors (Lipinski definition) is 3. The third-order valence-corrected chi connectivity index (χ3v) is 7.83. The Hall–Kier alpha value is -3.54. The lowest BCUT2D eigenvalue weighted by molar-refractivity contribution is -0.151. The van der Waals surface area contributed by atoms with Crippen LogP contribution in [0.5, 0.6) is 5.75 Å². The number of hydroxylamine groups is 1. The van der Waals surface area contributed by atoms with E-state index >= 15 is 0 Å². The molecule has 0 bridgehead atoms. The lowest BCUT2D eigenvalue weighted by atomic mass is 9.86. The van der Waals surface area contributed by atoms with Crippen LogP contribution in [0.25, 0.3) is 10.9 Å². The van der Waals surface area contributed by atoms with Crippen molar-refractivity contribution in [3.8, 4) is 5.75 Å². The number of likely N-dealkylation sites (tertiary alicyclic amines) is 1. The molecule has 2 heterocycles. The first-order valence-corrected chi connectivity index (χ1v) is 13.6. The summed E-state index contributed by atoms with van der Waals surface area (Å²) in [5.41, 5.74) is 2.28. The first kappa shape index (κ1) is 27.5. The van der Waals surface area contributed by atoms with Crippen molar-refractivity contribution in [1.82, 2.24) is 20.1 Å². The highest BCUT2D eigenvalue weighted by Crippen LogP contribution is 2.29. The van der Waals surface area contributed by atoms with Crippen molar-refractivity contribution < 1.29 is 28.0 Å². The maximum atomic E-state index is 13.1. The SMILES string of the molecule is Cc1cc(COc2ccc(S(=O)(=O)NC3(C(=O)NO)CN(C(=O)CC(C)(C)C)C3)cc2)c2ccccc2n1. The zero-order valence-corrected chi connectivity index (χ0v) is 22.6. The molecule has 1 fully saturated rings. The predicted molar refractivity (Wildman–Crippen MR) is 141 cm³/mol. The molecule has 1 aliphatic heterocycles. The van der Waals surface area contributed by atoms with E-state index in [4.69, 9.17) is 4.74 Å². The number of nitrogens with zero attached hydrogens (tertiary/aromatic N) is 2. The second-order valence-corrected chi connectivity index (χ2v) is 12.5. The molecule has 38 heavy (non-hydrogen) atoms. The summed E-state index contributed by atoms with van der Waals surface area (Å²) in [5.74, 6) is -0.662. The van der Waals surface area contributed by atoms with Crippen LogP contribution in [0.2, 0.25) is 0 Å². The highest BCUT2D eigenvalue weighted by molar-refractivity contribution is 7.89. The van der Waals surface area contributed by atoms with Gasteiger partial charge in [0.05, 0.1) is 23.5 Å². The normalized spacial score (nSPS) is 15.1. The Balaban J connectivity index is 1.45. The summed E-state index contributed by atoms with van der Waals surface area (Å²) >= 11 is 0. The van der Waals surface area contributed by atoms with Gasteiger partial charge in [-0.3, -0.25) is 19.8 Å². The molecular formula is C27H32N4O6S. The molecule has 1 aliphatic rings. The van der Waals surface area contributed by atoms with Gasteiger partial charge in [-0.1, -0.05) is 39.0 Å². The molecule has 1 aromatic heterocycles. The van der Waals surface area contributed by atoms with Gasteiger partial charge in [0.1, 0.15) is 17.9 Å². The number of nitrogens with one attached hydrogen (secondary N) is 2. The number of aromatic nitrogens is 1. The molecule has 3 N–H and O–H groups in total. The monoisotopic (exact) mass is 540 g/mol. The van der Waals surface area contributed by atoms with Crippen LogP contribution in [0, 0.1) is 12.3 Å². The number of ether oxygens (including phenoxy) is 1. The molecule has 2 aromatic carbocycles. The molecule has 4 rings (SSSR count). The zero-order valence-electron chi connectivity index (χ0n) is 21.8. The summed E-state index contributed by atoms with van der Waals surface area (Å²) in [5, 5.41) is 10.2. The van der Waals surface area contributed by atoms with Crippen LogP contribution in [0.15, 0.2) is 59.5 Å². The van der Waals surface area contributed by atoms with Crippen LogP contribution >= 0.6 is 0 Å². The fraction of sp³-hybridized carbons (Fsp3) is 0.370. The molecule has 1 saturated heterocycles. The Kier molecular flexibility index (Phi) is 7.46. The van der Waals surface area contributed by atoms with Crippen molar-refractivity contribution in [2.45, 2.75) is 51.2 Å². The Morgan fingerprint density at radius 3 is 2.39 bits per heavy atom. The van der Waals surface area contributed by atoms with E-state index in [2.05, 4.69) is 9.71 Å². The van der Waals surface area contributed by atoms with Crippen molar-refractivity contribution in [3.05, 3.63) is 65.9 Å². The summed E-state index contributed by atoms with van der Waals surface area (Å²) < 4.78 is 34.5. The summed E-state index contributed by atoms with van der Waals surface area (Å²) in [6, 6.07) is 15.5. The summed E-state index contributed by atoms with van der Waals surface area (Å²) in [6.07, 6.45) is 0.243. The number of pyridine rings is 1. The Labute approximate surface area is 222 Å². The summed E-state index contributed by atoms with van der Waals surface area (Å²) in [7, 11) is -4.16. The third kappa shape index (κ3) is 5.95. The average Bonchev–Trinajstić information content (AvgIpc) is 2.83. The van der Waals surface area contributed by atoms with Gasteiger partial charge in [-0.05, 0) is 48.7 Å². The first-order valence-electron chi connectivity index (χ1n) is 12.2. The van der Waals surface area contributed by atoms with Crippen molar-refractivity contribution in [3.63, 3.8) is 0 Å². The van der Waals surface area contributed by atoms with Gasteiger partial charge in [-0.15, -0.1) is 0 Å². The fourth-order valence-electron chi connectivity index (χ4n) is 4.42. The van der Waals surface area contributed by atoms with Gasteiger partial charge >= 0.3 is 0 Å². The molecule has 202 valence electrons. The molecule has 0 saturated carbocycles. The van der Waals surface area contributed by atoms with Crippen molar-refractivity contribution in [1.29, 1.82) is 0 Å². The van der Waals surface area contributed by atoms with Crippen molar-refractivity contribution in [2.24, 2.45) is 5.41 Å². The average molecular weight is 541 g/mol. The lowest BCUT2D eigenvalue weighted by Crippen LogP contribution is -2.76. The third-order valence-electron chi connectivity index (χ3n) is 6.28. The Bertz CT molecular complexity index is 1460. The van der Waals surface area contributed by atoms with E-state index in [1.54, 1.807) is 0 Å². The van der Waals surface area contributed by atoms with E-state index in [9.17, 15) is 23.2 Å². The Morgan fingerprint density at radius 1 is 1.11 bits per heavy atom. The molecule has 0 unspecified atom stereocenters. The lowest BCUT2D eigenvalue weighted by Gasteiger charge is -2.48. The van der Waals surface area contributed by atoms with E-state index in [1.165, 1.54) is 34.6 Å². The van der Waals surface area contributed by atoms with Crippen LogP contribution in [0.4, 0.5) is 0 Å². The van der Waals surface area contributed by atoms with Gasteiger partial charge < -0.3 is 9.64 Å². The smallest absolute Gasteiger partial charge is 0.268 e. The van der Waals surface area contributed by atoms with E-state index in [0.29, 0.717) is 5.75 Å². The van der Waals surface area contributed by atoms with Crippen LogP contribution in [0.1, 0.15) is 38.4 Å². The zero-order chi connectivity index (χ0) is 27.7. The molecular weight excluding hydrogens is 508 g/mol. The molecule has 0 radical (unpaired) electrons. The number of sulfonamides is 1. The largest absolute Gasteiger partial charge is 0.489 e. The number of fused-ring (bicyclic) bond motifs is 1. The quantitative estimate of drug-likeness (QED) is 0.295. The van der Waals surface area contributed by atoms with Gasteiger partial charge in [0.15, 0.2) is 0 Å². The molecule has 2 amide bonds.